The first kappa shape index (κ1) is 11.9. The molecule has 4 rings (SSSR count). The van der Waals surface area contributed by atoms with E-state index in [1.54, 1.807) is 12.5 Å². The molecule has 3 heterocycles. The molecule has 3 aromatic rings. The monoisotopic (exact) mass is 276 g/mol. The van der Waals surface area contributed by atoms with E-state index in [2.05, 4.69) is 26.2 Å². The Labute approximate surface area is 121 Å². The van der Waals surface area contributed by atoms with Crippen LogP contribution in [0.5, 0.6) is 0 Å². The van der Waals surface area contributed by atoms with Gasteiger partial charge in [0.15, 0.2) is 5.82 Å². The summed E-state index contributed by atoms with van der Waals surface area (Å²) in [5.41, 5.74) is 2.44. The number of rotatable bonds is 1. The lowest BCUT2D eigenvalue weighted by Gasteiger charge is -2.30. The number of pyridine rings is 1. The third-order valence-electron chi connectivity index (χ3n) is 3.82. The van der Waals surface area contributed by atoms with Crippen molar-refractivity contribution >= 4 is 16.6 Å². The molecule has 0 atom stereocenters. The van der Waals surface area contributed by atoms with Crippen molar-refractivity contribution in [1.82, 2.24) is 19.7 Å². The van der Waals surface area contributed by atoms with Gasteiger partial charge in [-0.1, -0.05) is 18.2 Å². The molecule has 6 heteroatoms. The van der Waals surface area contributed by atoms with E-state index in [1.807, 2.05) is 28.8 Å². The zero-order valence-corrected chi connectivity index (χ0v) is 11.3. The molecule has 0 saturated heterocycles. The van der Waals surface area contributed by atoms with Gasteiger partial charge >= 0.3 is 0 Å². The second kappa shape index (κ2) is 4.56. The Hall–Kier alpha value is -2.94. The number of nitriles is 1. The quantitative estimate of drug-likeness (QED) is 0.676. The fourth-order valence-corrected chi connectivity index (χ4v) is 2.81. The summed E-state index contributed by atoms with van der Waals surface area (Å²) in [7, 11) is 0. The maximum atomic E-state index is 9.41. The molecule has 0 amide bonds. The lowest BCUT2D eigenvalue weighted by atomic mass is 10.1. The van der Waals surface area contributed by atoms with E-state index >= 15 is 0 Å². The Kier molecular flexibility index (Phi) is 2.57. The Morgan fingerprint density at radius 3 is 3.00 bits per heavy atom. The van der Waals surface area contributed by atoms with E-state index in [-0.39, 0.29) is 0 Å². The second-order valence-corrected chi connectivity index (χ2v) is 5.01. The van der Waals surface area contributed by atoms with Crippen molar-refractivity contribution in [2.75, 3.05) is 11.4 Å². The van der Waals surface area contributed by atoms with E-state index in [9.17, 15) is 5.26 Å². The molecular weight excluding hydrogens is 264 g/mol. The third kappa shape index (κ3) is 1.82. The Morgan fingerprint density at radius 2 is 2.10 bits per heavy atom. The second-order valence-electron chi connectivity index (χ2n) is 5.01. The summed E-state index contributed by atoms with van der Waals surface area (Å²) < 4.78 is 2.05. The van der Waals surface area contributed by atoms with Gasteiger partial charge in [-0.3, -0.25) is 4.98 Å². The molecule has 6 nitrogen and oxygen atoms in total. The largest absolute Gasteiger partial charge is 0.361 e. The topological polar surface area (TPSA) is 70.6 Å². The highest BCUT2D eigenvalue weighted by Crippen LogP contribution is 2.31. The van der Waals surface area contributed by atoms with E-state index in [0.717, 1.165) is 35.5 Å². The minimum Gasteiger partial charge on any atom is -0.361 e. The summed E-state index contributed by atoms with van der Waals surface area (Å²) in [5, 5.41) is 18.5. The smallest absolute Gasteiger partial charge is 0.152 e. The van der Waals surface area contributed by atoms with Crippen molar-refractivity contribution in [3.05, 3.63) is 48.2 Å². The maximum absolute atomic E-state index is 9.41. The van der Waals surface area contributed by atoms with Crippen LogP contribution >= 0.6 is 0 Å². The molecule has 0 radical (unpaired) electrons. The Morgan fingerprint density at radius 1 is 1.19 bits per heavy atom. The lowest BCUT2D eigenvalue weighted by molar-refractivity contribution is 0.561. The molecule has 0 unspecified atom stereocenters. The Bertz CT molecular complexity index is 860. The first-order valence-electron chi connectivity index (χ1n) is 6.76. The van der Waals surface area contributed by atoms with Gasteiger partial charge < -0.3 is 9.47 Å². The van der Waals surface area contributed by atoms with Gasteiger partial charge in [-0.05, 0) is 6.07 Å². The predicted octanol–water partition coefficient (Wildman–Crippen LogP) is 1.72. The predicted molar refractivity (Wildman–Crippen MR) is 77.5 cm³/mol. The molecule has 1 aliphatic rings. The van der Waals surface area contributed by atoms with Crippen LogP contribution in [-0.2, 0) is 13.1 Å². The number of anilines is 1. The number of nitrogens with zero attached hydrogens (tertiary/aromatic N) is 6. The number of benzene rings is 1. The molecule has 0 fully saturated rings. The van der Waals surface area contributed by atoms with Gasteiger partial charge in [-0.25, -0.2) is 0 Å². The first-order valence-corrected chi connectivity index (χ1v) is 6.76. The standard InChI is InChI=1S/C15H12N6/c16-7-11-8-17-13-4-2-1-3-12(13)15(11)20-5-6-21-10-18-19-14(21)9-20/h1-4,8,10H,5-6,9H2. The Balaban J connectivity index is 1.88. The lowest BCUT2D eigenvalue weighted by Crippen LogP contribution is -2.34. The maximum Gasteiger partial charge on any atom is 0.152 e. The van der Waals surface area contributed by atoms with Crippen LogP contribution in [0.2, 0.25) is 0 Å². The van der Waals surface area contributed by atoms with Crippen LogP contribution in [0.4, 0.5) is 5.69 Å². The number of hydrogen-bond acceptors (Lipinski definition) is 5. The number of aromatic nitrogens is 4. The summed E-state index contributed by atoms with van der Waals surface area (Å²) in [5.74, 6) is 0.922. The minimum absolute atomic E-state index is 0.599. The fraction of sp³-hybridized carbons (Fsp3) is 0.200. The van der Waals surface area contributed by atoms with Crippen LogP contribution in [0.1, 0.15) is 11.4 Å². The normalized spacial score (nSPS) is 14.0. The van der Waals surface area contributed by atoms with Crippen molar-refractivity contribution < 1.29 is 0 Å². The fourth-order valence-electron chi connectivity index (χ4n) is 2.81. The molecule has 1 aliphatic heterocycles. The molecular formula is C15H12N6. The summed E-state index contributed by atoms with van der Waals surface area (Å²) >= 11 is 0. The molecule has 1 aromatic carbocycles. The van der Waals surface area contributed by atoms with Crippen LogP contribution in [0.25, 0.3) is 10.9 Å². The first-order chi connectivity index (χ1) is 10.4. The van der Waals surface area contributed by atoms with Crippen LogP contribution in [0.3, 0.4) is 0 Å². The van der Waals surface area contributed by atoms with Gasteiger partial charge in [0, 0.05) is 24.7 Å². The summed E-state index contributed by atoms with van der Waals surface area (Å²) in [6.07, 6.45) is 3.40. The highest BCUT2D eigenvalue weighted by molar-refractivity contribution is 5.94. The third-order valence-corrected chi connectivity index (χ3v) is 3.82. The average Bonchev–Trinajstić information content (AvgIpc) is 3.01. The summed E-state index contributed by atoms with van der Waals surface area (Å²) in [6, 6.07) is 10.2. The van der Waals surface area contributed by atoms with Gasteiger partial charge in [0.1, 0.15) is 12.4 Å². The molecule has 0 aliphatic carbocycles. The van der Waals surface area contributed by atoms with Gasteiger partial charge in [-0.2, -0.15) is 5.26 Å². The van der Waals surface area contributed by atoms with Crippen molar-refractivity contribution in [3.63, 3.8) is 0 Å². The zero-order chi connectivity index (χ0) is 14.2. The molecule has 0 saturated carbocycles. The van der Waals surface area contributed by atoms with Crippen molar-refractivity contribution in [3.8, 4) is 6.07 Å². The summed E-state index contributed by atoms with van der Waals surface area (Å²) in [6.45, 7) is 2.31. The van der Waals surface area contributed by atoms with Gasteiger partial charge in [0.25, 0.3) is 0 Å². The van der Waals surface area contributed by atoms with Crippen LogP contribution in [0, 0.1) is 11.3 Å². The van der Waals surface area contributed by atoms with Gasteiger partial charge in [0.05, 0.1) is 23.3 Å². The highest BCUT2D eigenvalue weighted by atomic mass is 15.3. The van der Waals surface area contributed by atoms with E-state index < -0.39 is 0 Å². The SMILES string of the molecule is N#Cc1cnc2ccccc2c1N1CCn2cnnc2C1. The molecule has 0 N–H and O–H groups in total. The summed E-state index contributed by atoms with van der Waals surface area (Å²) in [4.78, 5) is 6.55. The van der Waals surface area contributed by atoms with E-state index in [0.29, 0.717) is 12.1 Å². The number of para-hydroxylation sites is 1. The molecule has 0 bridgehead atoms. The van der Waals surface area contributed by atoms with Crippen molar-refractivity contribution in [1.29, 1.82) is 5.26 Å². The van der Waals surface area contributed by atoms with Gasteiger partial charge in [-0.15, -0.1) is 10.2 Å². The van der Waals surface area contributed by atoms with Crippen molar-refractivity contribution in [2.45, 2.75) is 13.1 Å². The van der Waals surface area contributed by atoms with Crippen LogP contribution < -0.4 is 4.90 Å². The number of fused-ring (bicyclic) bond motifs is 2. The molecule has 2 aromatic heterocycles. The molecule has 102 valence electrons. The van der Waals surface area contributed by atoms with E-state index in [1.165, 1.54) is 0 Å². The van der Waals surface area contributed by atoms with Crippen molar-refractivity contribution in [2.24, 2.45) is 0 Å². The van der Waals surface area contributed by atoms with E-state index in [4.69, 9.17) is 0 Å². The van der Waals surface area contributed by atoms with Crippen LogP contribution in [0.15, 0.2) is 36.8 Å². The molecule has 21 heavy (non-hydrogen) atoms. The number of hydrogen-bond donors (Lipinski definition) is 0. The average molecular weight is 276 g/mol. The highest BCUT2D eigenvalue weighted by Gasteiger charge is 2.22. The minimum atomic E-state index is 0.599. The van der Waals surface area contributed by atoms with Crippen LogP contribution in [-0.4, -0.2) is 26.3 Å². The zero-order valence-electron chi connectivity index (χ0n) is 11.3. The van der Waals surface area contributed by atoms with Gasteiger partial charge in [0.2, 0.25) is 0 Å². The molecule has 0 spiro atoms.